The minimum atomic E-state index is -1.37. The van der Waals surface area contributed by atoms with Crippen LogP contribution in [0.15, 0.2) is 48.7 Å². The van der Waals surface area contributed by atoms with Crippen molar-refractivity contribution in [3.63, 3.8) is 0 Å². The molecule has 2 saturated heterocycles. The molecule has 11 heteroatoms. The van der Waals surface area contributed by atoms with E-state index in [9.17, 15) is 23.9 Å². The molecule has 3 heterocycles. The fourth-order valence-corrected chi connectivity index (χ4v) is 5.19. The number of carbonyl (C=O) groups is 3. The van der Waals surface area contributed by atoms with Crippen LogP contribution in [0.2, 0.25) is 0 Å². The van der Waals surface area contributed by atoms with Crippen molar-refractivity contribution in [1.29, 1.82) is 0 Å². The molecule has 3 aromatic rings. The van der Waals surface area contributed by atoms with E-state index in [4.69, 9.17) is 9.47 Å². The Labute approximate surface area is 211 Å². The minimum absolute atomic E-state index is 0.152. The number of likely N-dealkylation sites (tertiary alicyclic amines) is 1. The number of nitrogens with zero attached hydrogens (tertiary/aromatic N) is 3. The van der Waals surface area contributed by atoms with E-state index in [0.29, 0.717) is 40.9 Å². The van der Waals surface area contributed by atoms with Gasteiger partial charge in [-0.15, -0.1) is 0 Å². The molecule has 5 rings (SSSR count). The second kappa shape index (κ2) is 9.81. The smallest absolute Gasteiger partial charge is 0.432 e. The van der Waals surface area contributed by atoms with Gasteiger partial charge in [-0.25, -0.2) is 9.18 Å². The Morgan fingerprint density at radius 3 is 2.65 bits per heavy atom. The number of amides is 2. The zero-order valence-corrected chi connectivity index (χ0v) is 20.2. The van der Waals surface area contributed by atoms with Gasteiger partial charge in [0.15, 0.2) is 5.60 Å². The molecule has 3 atom stereocenters. The maximum atomic E-state index is 14.7. The van der Waals surface area contributed by atoms with Crippen molar-refractivity contribution in [2.45, 2.75) is 43.5 Å². The molecule has 2 aromatic carbocycles. The largest absolute Gasteiger partial charge is 0.497 e. The summed E-state index contributed by atoms with van der Waals surface area (Å²) >= 11 is 0. The Balaban J connectivity index is 1.44. The first-order chi connectivity index (χ1) is 17.8. The molecule has 2 aliphatic heterocycles. The fraction of sp³-hybridized carbons (Fsp3) is 0.385. The molecular weight excluding hydrogens is 483 g/mol. The third kappa shape index (κ3) is 4.39. The number of alkyl halides is 1. The second-order valence-corrected chi connectivity index (χ2v) is 9.23. The van der Waals surface area contributed by atoms with Crippen molar-refractivity contribution >= 4 is 34.5 Å². The van der Waals surface area contributed by atoms with Crippen LogP contribution >= 0.6 is 0 Å². The van der Waals surface area contributed by atoms with Crippen molar-refractivity contribution in [2.75, 3.05) is 25.6 Å². The predicted octanol–water partition coefficient (Wildman–Crippen LogP) is 3.54. The molecule has 37 heavy (non-hydrogen) atoms. The second-order valence-electron chi connectivity index (χ2n) is 9.23. The van der Waals surface area contributed by atoms with Gasteiger partial charge < -0.3 is 24.8 Å². The Bertz CT molecular complexity index is 1330. The molecule has 0 spiro atoms. The van der Waals surface area contributed by atoms with E-state index in [0.717, 1.165) is 17.5 Å². The molecule has 10 nitrogen and oxygen atoms in total. The number of halogens is 1. The van der Waals surface area contributed by atoms with E-state index in [1.54, 1.807) is 49.6 Å². The number of ether oxygens (including phenoxy) is 2. The molecule has 194 valence electrons. The van der Waals surface area contributed by atoms with Crippen molar-refractivity contribution in [2.24, 2.45) is 0 Å². The third-order valence-corrected chi connectivity index (χ3v) is 7.04. The Morgan fingerprint density at radius 1 is 1.19 bits per heavy atom. The molecule has 2 aliphatic rings. The Hall–Kier alpha value is -3.99. The first-order valence-electron chi connectivity index (χ1n) is 12.1. The monoisotopic (exact) mass is 510 g/mol. The van der Waals surface area contributed by atoms with Gasteiger partial charge >= 0.3 is 6.09 Å². The number of carbonyl (C=O) groups excluding carboxylic acids is 2. The summed E-state index contributed by atoms with van der Waals surface area (Å²) in [5, 5.41) is 16.3. The summed E-state index contributed by atoms with van der Waals surface area (Å²) in [6, 6.07) is 10.7. The number of fused-ring (bicyclic) bond motifs is 1. The van der Waals surface area contributed by atoms with Crippen LogP contribution < -0.4 is 10.1 Å². The third-order valence-electron chi connectivity index (χ3n) is 7.04. The van der Waals surface area contributed by atoms with Gasteiger partial charge in [0.1, 0.15) is 18.0 Å². The average molecular weight is 511 g/mol. The molecule has 1 aromatic heterocycles. The van der Waals surface area contributed by atoms with Crippen LogP contribution in [0.4, 0.5) is 14.9 Å². The highest BCUT2D eigenvalue weighted by molar-refractivity contribution is 6.05. The standard InChI is InChI=1S/C26H27FN4O6/c1-36-18-9-7-16(8-10-18)26(11-2-3-12-37-26)24(33)30-15-17(27)13-22(30)23(32)29-20-5-4-6-21-19(20)14-28-31(21)25(34)35/h4-10,14,17,22H,2-3,11-13,15H2,1H3,(H,29,32)(H,34,35)/t17-,22-,26?/m1/s1. The quantitative estimate of drug-likeness (QED) is 0.538. The fourth-order valence-electron chi connectivity index (χ4n) is 5.19. The highest BCUT2D eigenvalue weighted by Crippen LogP contribution is 2.40. The molecule has 1 unspecified atom stereocenters. The SMILES string of the molecule is COc1ccc(C2(C(=O)N3C[C@H](F)C[C@@H]3C(=O)Nc3cccc4c3cnn4C(=O)O)CCCCO2)cc1. The van der Waals surface area contributed by atoms with E-state index in [2.05, 4.69) is 10.4 Å². The lowest BCUT2D eigenvalue weighted by atomic mass is 9.84. The van der Waals surface area contributed by atoms with Gasteiger partial charge in [0.25, 0.3) is 5.91 Å². The minimum Gasteiger partial charge on any atom is -0.497 e. The van der Waals surface area contributed by atoms with Crippen molar-refractivity contribution in [1.82, 2.24) is 14.7 Å². The molecule has 0 aliphatic carbocycles. The number of aromatic nitrogens is 2. The van der Waals surface area contributed by atoms with Crippen LogP contribution in [0.25, 0.3) is 10.9 Å². The molecule has 0 radical (unpaired) electrons. The van der Waals surface area contributed by atoms with Crippen LogP contribution in [0, 0.1) is 0 Å². The average Bonchev–Trinajstić information content (AvgIpc) is 3.53. The van der Waals surface area contributed by atoms with E-state index >= 15 is 0 Å². The predicted molar refractivity (Wildman–Crippen MR) is 131 cm³/mol. The highest BCUT2D eigenvalue weighted by Gasteiger charge is 2.50. The number of nitrogens with one attached hydrogen (secondary N) is 1. The summed E-state index contributed by atoms with van der Waals surface area (Å²) in [6.45, 7) is 0.149. The normalized spacial score (nSPS) is 23.7. The number of hydrogen-bond donors (Lipinski definition) is 2. The van der Waals surface area contributed by atoms with Gasteiger partial charge in [0.2, 0.25) is 5.91 Å². The molecule has 2 fully saturated rings. The molecule has 0 saturated carbocycles. The lowest BCUT2D eigenvalue weighted by Gasteiger charge is -2.40. The number of carboxylic acid groups (broad SMARTS) is 1. The molecule has 2 N–H and O–H groups in total. The summed E-state index contributed by atoms with van der Waals surface area (Å²) in [7, 11) is 1.55. The Kier molecular flexibility index (Phi) is 6.55. The topological polar surface area (TPSA) is 123 Å². The maximum absolute atomic E-state index is 14.7. The van der Waals surface area contributed by atoms with Crippen LogP contribution in [0.3, 0.4) is 0 Å². The number of anilines is 1. The van der Waals surface area contributed by atoms with Crippen LogP contribution in [0.5, 0.6) is 5.75 Å². The van der Waals surface area contributed by atoms with Gasteiger partial charge in [-0.3, -0.25) is 9.59 Å². The Morgan fingerprint density at radius 2 is 1.97 bits per heavy atom. The summed E-state index contributed by atoms with van der Waals surface area (Å²) in [6.07, 6.45) is 0.507. The van der Waals surface area contributed by atoms with Gasteiger partial charge in [0, 0.05) is 18.4 Å². The zero-order chi connectivity index (χ0) is 26.2. The number of rotatable bonds is 5. The van der Waals surface area contributed by atoms with Crippen LogP contribution in [0.1, 0.15) is 31.2 Å². The van der Waals surface area contributed by atoms with Gasteiger partial charge in [-0.05, 0) is 49.1 Å². The first-order valence-corrected chi connectivity index (χ1v) is 12.1. The van der Waals surface area contributed by atoms with E-state index in [-0.39, 0.29) is 13.0 Å². The summed E-state index contributed by atoms with van der Waals surface area (Å²) in [5.41, 5.74) is -0.0775. The summed E-state index contributed by atoms with van der Waals surface area (Å²) < 4.78 is 26.9. The van der Waals surface area contributed by atoms with Crippen molar-refractivity contribution in [3.05, 3.63) is 54.2 Å². The highest BCUT2D eigenvalue weighted by atomic mass is 19.1. The van der Waals surface area contributed by atoms with Gasteiger partial charge in [-0.1, -0.05) is 18.2 Å². The number of methoxy groups -OCH3 is 1. The number of hydrogen-bond acceptors (Lipinski definition) is 6. The van der Waals surface area contributed by atoms with Crippen molar-refractivity contribution < 1.29 is 33.4 Å². The van der Waals surface area contributed by atoms with E-state index in [1.165, 1.54) is 11.1 Å². The summed E-state index contributed by atoms with van der Waals surface area (Å²) in [5.74, 6) is -0.385. The molecule has 0 bridgehead atoms. The van der Waals surface area contributed by atoms with E-state index in [1.807, 2.05) is 0 Å². The number of benzene rings is 2. The molecular formula is C26H27FN4O6. The van der Waals surface area contributed by atoms with Gasteiger partial charge in [0.05, 0.1) is 31.1 Å². The van der Waals surface area contributed by atoms with Crippen molar-refractivity contribution in [3.8, 4) is 5.75 Å². The maximum Gasteiger partial charge on any atom is 0.432 e. The van der Waals surface area contributed by atoms with Crippen LogP contribution in [-0.4, -0.2) is 70.2 Å². The zero-order valence-electron chi connectivity index (χ0n) is 20.2. The first kappa shape index (κ1) is 24.7. The lowest BCUT2D eigenvalue weighted by Crippen LogP contribution is -2.54. The van der Waals surface area contributed by atoms with Gasteiger partial charge in [-0.2, -0.15) is 9.78 Å². The summed E-state index contributed by atoms with van der Waals surface area (Å²) in [4.78, 5) is 40.1. The lowest BCUT2D eigenvalue weighted by molar-refractivity contribution is -0.169. The van der Waals surface area contributed by atoms with Crippen LogP contribution in [-0.2, 0) is 19.9 Å². The van der Waals surface area contributed by atoms with E-state index < -0.39 is 35.7 Å². The molecule has 2 amide bonds.